The number of ether oxygens (including phenoxy) is 3. The molecule has 0 aliphatic carbocycles. The van der Waals surface area contributed by atoms with Gasteiger partial charge in [-0.05, 0) is 31.1 Å². The quantitative estimate of drug-likeness (QED) is 0.0343. The normalized spacial score (nSPS) is 12.8. The number of hydrogen-bond acceptors (Lipinski definition) is 6. The molecular weight excluding hydrogens is 877 g/mol. The molecule has 0 heterocycles. The lowest BCUT2D eigenvalue weighted by molar-refractivity contribution is -0.167. The Bertz CT molecular complexity index is 1090. The summed E-state index contributed by atoms with van der Waals surface area (Å²) in [6.07, 6.45) is 63.8. The van der Waals surface area contributed by atoms with Crippen molar-refractivity contribution in [3.63, 3.8) is 0 Å². The molecule has 0 aromatic carbocycles. The van der Waals surface area contributed by atoms with Crippen LogP contribution in [0.25, 0.3) is 0 Å². The van der Waals surface area contributed by atoms with Gasteiger partial charge in [0, 0.05) is 19.3 Å². The minimum Gasteiger partial charge on any atom is -0.462 e. The highest BCUT2D eigenvalue weighted by molar-refractivity contribution is 5.71. The van der Waals surface area contributed by atoms with Gasteiger partial charge in [-0.1, -0.05) is 330 Å². The number of carbonyl (C=O) groups is 3. The average Bonchev–Trinajstić information content (AvgIpc) is 3.37. The molecule has 71 heavy (non-hydrogen) atoms. The molecule has 0 amide bonds. The zero-order valence-corrected chi connectivity index (χ0v) is 48.9. The molecule has 0 aromatic rings. The van der Waals surface area contributed by atoms with Crippen molar-refractivity contribution in [2.24, 2.45) is 11.8 Å². The van der Waals surface area contributed by atoms with Crippen LogP contribution in [-0.2, 0) is 28.6 Å². The van der Waals surface area contributed by atoms with Gasteiger partial charge in [0.2, 0.25) is 0 Å². The van der Waals surface area contributed by atoms with E-state index in [9.17, 15) is 14.4 Å². The summed E-state index contributed by atoms with van der Waals surface area (Å²) in [6, 6.07) is 0. The van der Waals surface area contributed by atoms with Gasteiger partial charge in [0.05, 0.1) is 0 Å². The summed E-state index contributed by atoms with van der Waals surface area (Å²) < 4.78 is 17.0. The van der Waals surface area contributed by atoms with E-state index < -0.39 is 6.10 Å². The van der Waals surface area contributed by atoms with Crippen LogP contribution in [-0.4, -0.2) is 37.2 Å². The molecule has 3 atom stereocenters. The lowest BCUT2D eigenvalue weighted by Gasteiger charge is -2.18. The minimum absolute atomic E-state index is 0.0618. The molecule has 0 rings (SSSR count). The third kappa shape index (κ3) is 56.0. The number of carbonyl (C=O) groups excluding carboxylic acids is 3. The van der Waals surface area contributed by atoms with E-state index >= 15 is 0 Å². The third-order valence-electron chi connectivity index (χ3n) is 15.7. The molecule has 422 valence electrons. The van der Waals surface area contributed by atoms with Crippen LogP contribution in [0.1, 0.15) is 369 Å². The molecule has 2 unspecified atom stereocenters. The lowest BCUT2D eigenvalue weighted by atomic mass is 9.99. The van der Waals surface area contributed by atoms with E-state index in [1.54, 1.807) is 0 Å². The Morgan fingerprint density at radius 1 is 0.282 bits per heavy atom. The van der Waals surface area contributed by atoms with Crippen LogP contribution in [0, 0.1) is 11.8 Å². The standard InChI is InChI=1S/C65H126O6/c1-6-9-10-11-12-13-14-23-30-35-40-45-50-55-63(66)69-58-62(71-65(68)57-52-47-42-37-32-27-22-21-25-29-34-39-44-49-54-61(5)8-3)59-70-64(67)56-51-46-41-36-31-26-20-18-16-15-17-19-24-28-33-38-43-48-53-60(4)7-2/h60-62H,6-59H2,1-5H3/t60?,61?,62-/m1/s1. The van der Waals surface area contributed by atoms with Crippen LogP contribution in [0.5, 0.6) is 0 Å². The van der Waals surface area contributed by atoms with Crippen molar-refractivity contribution in [3.8, 4) is 0 Å². The molecule has 0 aromatic heterocycles. The molecule has 0 radical (unpaired) electrons. The van der Waals surface area contributed by atoms with E-state index in [1.165, 1.54) is 257 Å². The van der Waals surface area contributed by atoms with Crippen LogP contribution in [0.2, 0.25) is 0 Å². The molecular formula is C65H126O6. The molecule has 6 nitrogen and oxygen atoms in total. The summed E-state index contributed by atoms with van der Waals surface area (Å²) in [5.74, 6) is 0.973. The highest BCUT2D eigenvalue weighted by Gasteiger charge is 2.19. The van der Waals surface area contributed by atoms with Gasteiger partial charge in [-0.3, -0.25) is 14.4 Å². The fourth-order valence-electron chi connectivity index (χ4n) is 10.0. The highest BCUT2D eigenvalue weighted by Crippen LogP contribution is 2.20. The summed E-state index contributed by atoms with van der Waals surface area (Å²) in [5.41, 5.74) is 0. The Balaban J connectivity index is 4.25. The Hall–Kier alpha value is -1.59. The summed E-state index contributed by atoms with van der Waals surface area (Å²) in [7, 11) is 0. The first-order valence-electron chi connectivity index (χ1n) is 32.3. The monoisotopic (exact) mass is 1000 g/mol. The van der Waals surface area contributed by atoms with E-state index in [4.69, 9.17) is 14.2 Å². The van der Waals surface area contributed by atoms with Gasteiger partial charge in [-0.25, -0.2) is 0 Å². The van der Waals surface area contributed by atoms with E-state index in [2.05, 4.69) is 34.6 Å². The van der Waals surface area contributed by atoms with Crippen molar-refractivity contribution in [1.29, 1.82) is 0 Å². The van der Waals surface area contributed by atoms with Crippen molar-refractivity contribution < 1.29 is 28.6 Å². The lowest BCUT2D eigenvalue weighted by Crippen LogP contribution is -2.30. The van der Waals surface area contributed by atoms with Crippen LogP contribution in [0.15, 0.2) is 0 Å². The zero-order chi connectivity index (χ0) is 51.8. The summed E-state index contributed by atoms with van der Waals surface area (Å²) in [4.78, 5) is 38.3. The first-order valence-corrected chi connectivity index (χ1v) is 32.3. The summed E-state index contributed by atoms with van der Waals surface area (Å²) >= 11 is 0. The van der Waals surface area contributed by atoms with Crippen molar-refractivity contribution >= 4 is 17.9 Å². The molecule has 0 saturated carbocycles. The van der Waals surface area contributed by atoms with Crippen molar-refractivity contribution in [3.05, 3.63) is 0 Å². The van der Waals surface area contributed by atoms with Crippen molar-refractivity contribution in [2.75, 3.05) is 13.2 Å². The average molecular weight is 1000 g/mol. The summed E-state index contributed by atoms with van der Waals surface area (Å²) in [6.45, 7) is 11.5. The smallest absolute Gasteiger partial charge is 0.306 e. The van der Waals surface area contributed by atoms with Gasteiger partial charge in [0.15, 0.2) is 6.10 Å². The van der Waals surface area contributed by atoms with Gasteiger partial charge >= 0.3 is 17.9 Å². The minimum atomic E-state index is -0.763. The van der Waals surface area contributed by atoms with Gasteiger partial charge in [0.25, 0.3) is 0 Å². The molecule has 0 aliphatic rings. The van der Waals surface area contributed by atoms with E-state index in [-0.39, 0.29) is 31.1 Å². The third-order valence-corrected chi connectivity index (χ3v) is 15.7. The first-order chi connectivity index (χ1) is 34.8. The second kappa shape index (κ2) is 57.7. The first kappa shape index (κ1) is 69.4. The Morgan fingerprint density at radius 2 is 0.493 bits per heavy atom. The van der Waals surface area contributed by atoms with E-state index in [1.807, 2.05) is 0 Å². The fourth-order valence-corrected chi connectivity index (χ4v) is 10.0. The molecule has 0 fully saturated rings. The van der Waals surface area contributed by atoms with Gasteiger partial charge in [0.1, 0.15) is 13.2 Å². The number of esters is 3. The van der Waals surface area contributed by atoms with Crippen molar-refractivity contribution in [2.45, 2.75) is 375 Å². The zero-order valence-electron chi connectivity index (χ0n) is 48.9. The molecule has 0 N–H and O–H groups in total. The van der Waals surface area contributed by atoms with Crippen LogP contribution >= 0.6 is 0 Å². The second-order valence-corrected chi connectivity index (χ2v) is 22.9. The van der Waals surface area contributed by atoms with Crippen LogP contribution in [0.3, 0.4) is 0 Å². The predicted octanol–water partition coefficient (Wildman–Crippen LogP) is 21.6. The number of rotatable bonds is 59. The van der Waals surface area contributed by atoms with Crippen LogP contribution in [0.4, 0.5) is 0 Å². The Labute approximate surface area is 444 Å². The van der Waals surface area contributed by atoms with Crippen LogP contribution < -0.4 is 0 Å². The van der Waals surface area contributed by atoms with Gasteiger partial charge < -0.3 is 14.2 Å². The largest absolute Gasteiger partial charge is 0.462 e. The Morgan fingerprint density at radius 3 is 0.732 bits per heavy atom. The number of hydrogen-bond donors (Lipinski definition) is 0. The number of unbranched alkanes of at least 4 members (excludes halogenated alkanes) is 42. The molecule has 0 saturated heterocycles. The molecule has 0 aliphatic heterocycles. The molecule has 6 heteroatoms. The van der Waals surface area contributed by atoms with Gasteiger partial charge in [-0.2, -0.15) is 0 Å². The predicted molar refractivity (Wildman–Crippen MR) is 307 cm³/mol. The topological polar surface area (TPSA) is 78.9 Å². The maximum atomic E-state index is 12.9. The molecule has 0 spiro atoms. The highest BCUT2D eigenvalue weighted by atomic mass is 16.6. The van der Waals surface area contributed by atoms with E-state index in [0.717, 1.165) is 69.6 Å². The van der Waals surface area contributed by atoms with Crippen molar-refractivity contribution in [1.82, 2.24) is 0 Å². The molecule has 0 bridgehead atoms. The van der Waals surface area contributed by atoms with Gasteiger partial charge in [-0.15, -0.1) is 0 Å². The Kier molecular flexibility index (Phi) is 56.4. The summed E-state index contributed by atoms with van der Waals surface area (Å²) in [5, 5.41) is 0. The SMILES string of the molecule is CCCCCCCCCCCCCCCC(=O)OC[C@H](COC(=O)CCCCCCCCCCCCCCCCCCCCC(C)CC)OC(=O)CCCCCCCCCCCCCCCCC(C)CC. The second-order valence-electron chi connectivity index (χ2n) is 22.9. The fraction of sp³-hybridized carbons (Fsp3) is 0.954. The maximum absolute atomic E-state index is 12.9. The maximum Gasteiger partial charge on any atom is 0.306 e. The van der Waals surface area contributed by atoms with E-state index in [0.29, 0.717) is 19.3 Å².